The summed E-state index contributed by atoms with van der Waals surface area (Å²) in [6.07, 6.45) is 1.81. The van der Waals surface area contributed by atoms with Crippen LogP contribution in [0.4, 0.5) is 5.69 Å². The number of aryl methyl sites for hydroxylation is 1. The summed E-state index contributed by atoms with van der Waals surface area (Å²) in [5.41, 5.74) is 2.57. The lowest BCUT2D eigenvalue weighted by Crippen LogP contribution is -2.40. The van der Waals surface area contributed by atoms with Gasteiger partial charge in [0.25, 0.3) is 0 Å². The SMILES string of the molecule is C[C@H]1Cc2cc(Br)ccc2N1C(=O)CCc1ccc(S(=O)(=O)NC(C)(C)C)cc1. The Hall–Kier alpha value is -1.70. The first-order valence-electron chi connectivity index (χ1n) is 9.70. The van der Waals surface area contributed by atoms with Crippen molar-refractivity contribution in [2.24, 2.45) is 0 Å². The zero-order valence-corrected chi connectivity index (χ0v) is 19.6. The molecule has 1 aliphatic heterocycles. The van der Waals surface area contributed by atoms with Crippen LogP contribution in [0.25, 0.3) is 0 Å². The third-order valence-corrected chi connectivity index (χ3v) is 7.09. The third-order valence-electron chi connectivity index (χ3n) is 4.83. The van der Waals surface area contributed by atoms with E-state index in [1.165, 1.54) is 5.56 Å². The Kier molecular flexibility index (Phi) is 6.22. The van der Waals surface area contributed by atoms with E-state index in [4.69, 9.17) is 0 Å². The Balaban J connectivity index is 1.66. The molecule has 5 nitrogen and oxygen atoms in total. The molecule has 1 aliphatic rings. The van der Waals surface area contributed by atoms with Crippen molar-refractivity contribution in [3.8, 4) is 0 Å². The van der Waals surface area contributed by atoms with Gasteiger partial charge in [0.05, 0.1) is 4.90 Å². The van der Waals surface area contributed by atoms with Crippen LogP contribution in [0.2, 0.25) is 0 Å². The van der Waals surface area contributed by atoms with Crippen molar-refractivity contribution >= 4 is 37.5 Å². The number of nitrogens with zero attached hydrogens (tertiary/aromatic N) is 1. The maximum absolute atomic E-state index is 12.9. The molecular weight excluding hydrogens is 452 g/mol. The number of hydrogen-bond acceptors (Lipinski definition) is 3. The molecule has 2 aromatic rings. The predicted octanol–water partition coefficient (Wildman–Crippen LogP) is 4.44. The minimum atomic E-state index is -3.55. The van der Waals surface area contributed by atoms with Crippen LogP contribution in [0.1, 0.15) is 45.2 Å². The number of carbonyl (C=O) groups is 1. The number of nitrogens with one attached hydrogen (secondary N) is 1. The minimum absolute atomic E-state index is 0.0877. The first-order valence-corrected chi connectivity index (χ1v) is 12.0. The van der Waals surface area contributed by atoms with Crippen molar-refractivity contribution in [1.82, 2.24) is 4.72 Å². The summed E-state index contributed by atoms with van der Waals surface area (Å²) < 4.78 is 28.5. The van der Waals surface area contributed by atoms with Gasteiger partial charge in [-0.05, 0) is 82.0 Å². The number of fused-ring (bicyclic) bond motifs is 1. The van der Waals surface area contributed by atoms with Crippen LogP contribution in [0.15, 0.2) is 51.8 Å². The average Bonchev–Trinajstić information content (AvgIpc) is 2.93. The topological polar surface area (TPSA) is 66.5 Å². The summed E-state index contributed by atoms with van der Waals surface area (Å²) in [5, 5.41) is 0. The molecular formula is C22H27BrN2O3S. The number of benzene rings is 2. The van der Waals surface area contributed by atoms with Gasteiger partial charge in [0.2, 0.25) is 15.9 Å². The van der Waals surface area contributed by atoms with Crippen LogP contribution in [0, 0.1) is 0 Å². The summed E-state index contributed by atoms with van der Waals surface area (Å²) in [6.45, 7) is 7.48. The van der Waals surface area contributed by atoms with Gasteiger partial charge >= 0.3 is 0 Å². The second-order valence-electron chi connectivity index (χ2n) is 8.59. The lowest BCUT2D eigenvalue weighted by Gasteiger charge is -2.23. The van der Waals surface area contributed by atoms with Crippen LogP contribution in [0.5, 0.6) is 0 Å². The number of anilines is 1. The lowest BCUT2D eigenvalue weighted by atomic mass is 10.1. The second-order valence-corrected chi connectivity index (χ2v) is 11.2. The Bertz CT molecular complexity index is 1010. The fraction of sp³-hybridized carbons (Fsp3) is 0.409. The Morgan fingerprint density at radius 2 is 1.83 bits per heavy atom. The van der Waals surface area contributed by atoms with E-state index in [0.717, 1.165) is 22.1 Å². The second kappa shape index (κ2) is 8.20. The van der Waals surface area contributed by atoms with Crippen LogP contribution in [-0.4, -0.2) is 25.9 Å². The molecule has 0 aromatic heterocycles. The normalized spacial score (nSPS) is 16.7. The molecule has 0 aliphatic carbocycles. The number of carbonyl (C=O) groups excluding carboxylic acids is 1. The van der Waals surface area contributed by atoms with E-state index < -0.39 is 15.6 Å². The predicted molar refractivity (Wildman–Crippen MR) is 120 cm³/mol. The van der Waals surface area contributed by atoms with E-state index in [1.54, 1.807) is 45.0 Å². The van der Waals surface area contributed by atoms with Gasteiger partial charge in [0.15, 0.2) is 0 Å². The van der Waals surface area contributed by atoms with Crippen molar-refractivity contribution in [3.63, 3.8) is 0 Å². The summed E-state index contributed by atoms with van der Waals surface area (Å²) in [4.78, 5) is 15.0. The van der Waals surface area contributed by atoms with Crippen molar-refractivity contribution < 1.29 is 13.2 Å². The quantitative estimate of drug-likeness (QED) is 0.690. The fourth-order valence-corrected chi connectivity index (χ4v) is 5.48. The van der Waals surface area contributed by atoms with Gasteiger partial charge in [-0.3, -0.25) is 4.79 Å². The first-order chi connectivity index (χ1) is 13.5. The fourth-order valence-electron chi connectivity index (χ4n) is 3.65. The standard InChI is InChI=1S/C22H27BrN2O3S/c1-15-13-17-14-18(23)8-11-20(17)25(15)21(26)12-7-16-5-9-19(10-6-16)29(27,28)24-22(2,3)4/h5-6,8-11,14-15,24H,7,12-13H2,1-4H3/t15-/m0/s1. The molecule has 29 heavy (non-hydrogen) atoms. The summed E-state index contributed by atoms with van der Waals surface area (Å²) in [7, 11) is -3.55. The molecule has 0 radical (unpaired) electrons. The molecule has 0 fully saturated rings. The van der Waals surface area contributed by atoms with Gasteiger partial charge < -0.3 is 4.90 Å². The van der Waals surface area contributed by atoms with Crippen LogP contribution < -0.4 is 9.62 Å². The summed E-state index contributed by atoms with van der Waals surface area (Å²) in [6, 6.07) is 12.9. The average molecular weight is 479 g/mol. The van der Waals surface area contributed by atoms with Gasteiger partial charge in [0, 0.05) is 28.2 Å². The molecule has 0 spiro atoms. The van der Waals surface area contributed by atoms with Gasteiger partial charge in [-0.2, -0.15) is 0 Å². The van der Waals surface area contributed by atoms with E-state index in [9.17, 15) is 13.2 Å². The van der Waals surface area contributed by atoms with E-state index in [-0.39, 0.29) is 16.8 Å². The van der Waals surface area contributed by atoms with Crippen molar-refractivity contribution in [3.05, 3.63) is 58.1 Å². The highest BCUT2D eigenvalue weighted by molar-refractivity contribution is 9.10. The summed E-state index contributed by atoms with van der Waals surface area (Å²) in [5.74, 6) is 0.0877. The first kappa shape index (κ1) is 22.0. The molecule has 3 rings (SSSR count). The molecule has 156 valence electrons. The van der Waals surface area contributed by atoms with Crippen molar-refractivity contribution in [2.75, 3.05) is 4.90 Å². The highest BCUT2D eigenvalue weighted by Crippen LogP contribution is 2.34. The summed E-state index contributed by atoms with van der Waals surface area (Å²) >= 11 is 3.49. The van der Waals surface area contributed by atoms with E-state index in [0.29, 0.717) is 12.8 Å². The number of halogens is 1. The van der Waals surface area contributed by atoms with Crippen molar-refractivity contribution in [1.29, 1.82) is 0 Å². The number of rotatable bonds is 5. The highest BCUT2D eigenvalue weighted by Gasteiger charge is 2.30. The molecule has 1 amide bonds. The van der Waals surface area contributed by atoms with E-state index in [2.05, 4.69) is 33.6 Å². The zero-order chi connectivity index (χ0) is 21.4. The molecule has 1 atom stereocenters. The molecule has 1 heterocycles. The lowest BCUT2D eigenvalue weighted by molar-refractivity contribution is -0.118. The molecule has 2 aromatic carbocycles. The number of amides is 1. The van der Waals surface area contributed by atoms with Crippen molar-refractivity contribution in [2.45, 2.75) is 63.4 Å². The molecule has 0 bridgehead atoms. The van der Waals surface area contributed by atoms with Gasteiger partial charge in [-0.25, -0.2) is 13.1 Å². The third kappa shape index (κ3) is 5.27. The zero-order valence-electron chi connectivity index (χ0n) is 17.2. The Morgan fingerprint density at radius 3 is 2.45 bits per heavy atom. The number of hydrogen-bond donors (Lipinski definition) is 1. The minimum Gasteiger partial charge on any atom is -0.309 e. The Morgan fingerprint density at radius 1 is 1.17 bits per heavy atom. The maximum atomic E-state index is 12.9. The smallest absolute Gasteiger partial charge is 0.241 e. The van der Waals surface area contributed by atoms with E-state index >= 15 is 0 Å². The molecule has 0 saturated carbocycles. The van der Waals surface area contributed by atoms with Crippen LogP contribution >= 0.6 is 15.9 Å². The number of sulfonamides is 1. The molecule has 7 heteroatoms. The largest absolute Gasteiger partial charge is 0.309 e. The van der Waals surface area contributed by atoms with Gasteiger partial charge in [0.1, 0.15) is 0 Å². The highest BCUT2D eigenvalue weighted by atomic mass is 79.9. The Labute approximate surface area is 181 Å². The maximum Gasteiger partial charge on any atom is 0.241 e. The molecule has 1 N–H and O–H groups in total. The van der Waals surface area contributed by atoms with Crippen LogP contribution in [0.3, 0.4) is 0 Å². The van der Waals surface area contributed by atoms with E-state index in [1.807, 2.05) is 17.0 Å². The molecule has 0 saturated heterocycles. The molecule has 0 unspecified atom stereocenters. The van der Waals surface area contributed by atoms with Crippen LogP contribution in [-0.2, 0) is 27.7 Å². The van der Waals surface area contributed by atoms with Gasteiger partial charge in [-0.1, -0.05) is 28.1 Å². The van der Waals surface area contributed by atoms with Gasteiger partial charge in [-0.15, -0.1) is 0 Å². The monoisotopic (exact) mass is 478 g/mol.